The molecule has 0 aliphatic carbocycles. The minimum Gasteiger partial charge on any atom is -0.393 e. The molecule has 0 atom stereocenters. The third-order valence-corrected chi connectivity index (χ3v) is 4.39. The Kier molecular flexibility index (Phi) is 3.77. The van der Waals surface area contributed by atoms with E-state index in [1.807, 2.05) is 41.3 Å². The van der Waals surface area contributed by atoms with Gasteiger partial charge in [0.25, 0.3) is 0 Å². The second-order valence-corrected chi connectivity index (χ2v) is 6.04. The zero-order chi connectivity index (χ0) is 15.6. The molecular weight excluding hydrogens is 290 g/mol. The number of hydrogen-bond acceptors (Lipinski definition) is 5. The van der Waals surface area contributed by atoms with Gasteiger partial charge in [-0.15, -0.1) is 5.10 Å². The Labute approximate surface area is 134 Å². The summed E-state index contributed by atoms with van der Waals surface area (Å²) in [7, 11) is 0. The van der Waals surface area contributed by atoms with Gasteiger partial charge < -0.3 is 5.11 Å². The Morgan fingerprint density at radius 3 is 2.91 bits per heavy atom. The second kappa shape index (κ2) is 6.06. The molecular formula is C17H19N5O. The van der Waals surface area contributed by atoms with E-state index >= 15 is 0 Å². The van der Waals surface area contributed by atoms with Crippen LogP contribution in [0.3, 0.4) is 0 Å². The van der Waals surface area contributed by atoms with Crippen molar-refractivity contribution in [3.8, 4) is 5.69 Å². The number of benzene rings is 1. The Bertz CT molecular complexity index is 802. The fourth-order valence-corrected chi connectivity index (χ4v) is 3.10. The monoisotopic (exact) mass is 309 g/mol. The van der Waals surface area contributed by atoms with Crippen molar-refractivity contribution >= 4 is 10.8 Å². The maximum absolute atomic E-state index is 9.58. The van der Waals surface area contributed by atoms with Crippen LogP contribution in [0.5, 0.6) is 0 Å². The van der Waals surface area contributed by atoms with Gasteiger partial charge in [0.1, 0.15) is 0 Å². The second-order valence-electron chi connectivity index (χ2n) is 6.04. The topological polar surface area (TPSA) is 67.1 Å². The number of nitrogens with zero attached hydrogens (tertiary/aromatic N) is 5. The summed E-state index contributed by atoms with van der Waals surface area (Å²) in [6, 6.07) is 8.09. The molecule has 0 radical (unpaired) electrons. The van der Waals surface area contributed by atoms with Crippen LogP contribution in [0.25, 0.3) is 16.5 Å². The van der Waals surface area contributed by atoms with Crippen LogP contribution in [0.4, 0.5) is 0 Å². The number of piperidine rings is 1. The van der Waals surface area contributed by atoms with Crippen LogP contribution < -0.4 is 0 Å². The molecule has 6 heteroatoms. The number of likely N-dealkylation sites (tertiary alicyclic amines) is 1. The van der Waals surface area contributed by atoms with E-state index in [1.165, 1.54) is 0 Å². The largest absolute Gasteiger partial charge is 0.393 e. The zero-order valence-electron chi connectivity index (χ0n) is 12.8. The van der Waals surface area contributed by atoms with Crippen LogP contribution in [0, 0.1) is 0 Å². The van der Waals surface area contributed by atoms with Gasteiger partial charge in [-0.25, -0.2) is 4.68 Å². The van der Waals surface area contributed by atoms with Crippen molar-refractivity contribution in [2.75, 3.05) is 13.1 Å². The van der Waals surface area contributed by atoms with Crippen LogP contribution in [-0.4, -0.2) is 49.2 Å². The van der Waals surface area contributed by atoms with E-state index < -0.39 is 0 Å². The van der Waals surface area contributed by atoms with Gasteiger partial charge in [0.15, 0.2) is 0 Å². The molecule has 3 aromatic rings. The molecule has 4 rings (SSSR count). The summed E-state index contributed by atoms with van der Waals surface area (Å²) >= 11 is 0. The van der Waals surface area contributed by atoms with Gasteiger partial charge in [-0.1, -0.05) is 17.3 Å². The van der Waals surface area contributed by atoms with Crippen molar-refractivity contribution in [3.63, 3.8) is 0 Å². The van der Waals surface area contributed by atoms with Crippen LogP contribution in [-0.2, 0) is 6.54 Å². The Morgan fingerprint density at radius 1 is 1.17 bits per heavy atom. The molecule has 0 spiro atoms. The molecule has 0 saturated carbocycles. The molecule has 1 aliphatic rings. The van der Waals surface area contributed by atoms with Gasteiger partial charge in [0.05, 0.1) is 23.7 Å². The normalized spacial score (nSPS) is 16.9. The van der Waals surface area contributed by atoms with E-state index in [0.29, 0.717) is 0 Å². The minimum atomic E-state index is -0.147. The fourth-order valence-electron chi connectivity index (χ4n) is 3.10. The predicted octanol–water partition coefficient (Wildman–Crippen LogP) is 1.77. The Balaban J connectivity index is 1.57. The van der Waals surface area contributed by atoms with Crippen molar-refractivity contribution < 1.29 is 5.11 Å². The maximum Gasteiger partial charge on any atom is 0.0971 e. The van der Waals surface area contributed by atoms with Gasteiger partial charge in [-0.3, -0.25) is 9.88 Å². The highest BCUT2D eigenvalue weighted by Gasteiger charge is 2.18. The standard InChI is InChI=1S/C17H19N5O/c23-15-5-8-21(9-6-15)11-14-12-22(20-19-14)17-3-1-2-13-10-18-7-4-16(13)17/h1-4,7,10,12,15,23H,5-6,8-9,11H2. The summed E-state index contributed by atoms with van der Waals surface area (Å²) in [5, 5.41) is 20.4. The Morgan fingerprint density at radius 2 is 2.04 bits per heavy atom. The third-order valence-electron chi connectivity index (χ3n) is 4.39. The van der Waals surface area contributed by atoms with Crippen molar-refractivity contribution in [3.05, 3.63) is 48.5 Å². The van der Waals surface area contributed by atoms with Crippen molar-refractivity contribution in [2.24, 2.45) is 0 Å². The lowest BCUT2D eigenvalue weighted by Crippen LogP contribution is -2.35. The van der Waals surface area contributed by atoms with E-state index in [2.05, 4.69) is 20.2 Å². The lowest BCUT2D eigenvalue weighted by molar-refractivity contribution is 0.0786. The molecule has 1 saturated heterocycles. The summed E-state index contributed by atoms with van der Waals surface area (Å²) in [5.74, 6) is 0. The third kappa shape index (κ3) is 2.95. The molecule has 1 N–H and O–H groups in total. The molecule has 0 bridgehead atoms. The van der Waals surface area contributed by atoms with E-state index in [4.69, 9.17) is 0 Å². The highest BCUT2D eigenvalue weighted by Crippen LogP contribution is 2.21. The van der Waals surface area contributed by atoms with Gasteiger partial charge in [0.2, 0.25) is 0 Å². The molecule has 3 heterocycles. The highest BCUT2D eigenvalue weighted by atomic mass is 16.3. The highest BCUT2D eigenvalue weighted by molar-refractivity contribution is 5.89. The minimum absolute atomic E-state index is 0.147. The summed E-state index contributed by atoms with van der Waals surface area (Å²) in [6.07, 6.45) is 7.17. The average molecular weight is 309 g/mol. The summed E-state index contributed by atoms with van der Waals surface area (Å²) < 4.78 is 1.83. The van der Waals surface area contributed by atoms with E-state index in [-0.39, 0.29) is 6.10 Å². The van der Waals surface area contributed by atoms with Crippen LogP contribution in [0.1, 0.15) is 18.5 Å². The molecule has 0 unspecified atom stereocenters. The number of aliphatic hydroxyl groups excluding tert-OH is 1. The summed E-state index contributed by atoms with van der Waals surface area (Å²) in [4.78, 5) is 6.48. The Hall–Kier alpha value is -2.31. The first-order chi connectivity index (χ1) is 11.3. The van der Waals surface area contributed by atoms with Gasteiger partial charge >= 0.3 is 0 Å². The number of hydrogen-bond donors (Lipinski definition) is 1. The molecule has 118 valence electrons. The average Bonchev–Trinajstić information content (AvgIpc) is 3.05. The molecule has 2 aromatic heterocycles. The molecule has 1 aromatic carbocycles. The lowest BCUT2D eigenvalue weighted by Gasteiger charge is -2.28. The predicted molar refractivity (Wildman–Crippen MR) is 87.2 cm³/mol. The number of fused-ring (bicyclic) bond motifs is 1. The van der Waals surface area contributed by atoms with E-state index in [1.54, 1.807) is 6.20 Å². The molecule has 6 nitrogen and oxygen atoms in total. The maximum atomic E-state index is 9.58. The van der Waals surface area contributed by atoms with Crippen molar-refractivity contribution in [1.82, 2.24) is 24.9 Å². The molecule has 23 heavy (non-hydrogen) atoms. The van der Waals surface area contributed by atoms with Gasteiger partial charge in [0, 0.05) is 42.8 Å². The summed E-state index contributed by atoms with van der Waals surface area (Å²) in [5.41, 5.74) is 1.96. The van der Waals surface area contributed by atoms with Gasteiger partial charge in [-0.05, 0) is 25.0 Å². The van der Waals surface area contributed by atoms with Crippen LogP contribution >= 0.6 is 0 Å². The number of aromatic nitrogens is 4. The molecule has 1 aliphatic heterocycles. The summed E-state index contributed by atoms with van der Waals surface area (Å²) in [6.45, 7) is 2.60. The van der Waals surface area contributed by atoms with Crippen LogP contribution in [0.2, 0.25) is 0 Å². The fraction of sp³-hybridized carbons (Fsp3) is 0.353. The lowest BCUT2D eigenvalue weighted by atomic mass is 10.1. The van der Waals surface area contributed by atoms with Gasteiger partial charge in [-0.2, -0.15) is 0 Å². The number of aliphatic hydroxyl groups is 1. The first-order valence-electron chi connectivity index (χ1n) is 7.94. The van der Waals surface area contributed by atoms with Crippen LogP contribution in [0.15, 0.2) is 42.9 Å². The first-order valence-corrected chi connectivity index (χ1v) is 7.94. The first kappa shape index (κ1) is 14.3. The number of pyridine rings is 1. The molecule has 1 fully saturated rings. The van der Waals surface area contributed by atoms with Crippen molar-refractivity contribution in [1.29, 1.82) is 0 Å². The molecule has 0 amide bonds. The SMILES string of the molecule is OC1CCN(Cc2cn(-c3cccc4cnccc34)nn2)CC1. The van der Waals surface area contributed by atoms with E-state index in [0.717, 1.165) is 54.6 Å². The smallest absolute Gasteiger partial charge is 0.0971 e. The quantitative estimate of drug-likeness (QED) is 0.799. The number of rotatable bonds is 3. The van der Waals surface area contributed by atoms with Crippen molar-refractivity contribution in [2.45, 2.75) is 25.5 Å². The zero-order valence-corrected chi connectivity index (χ0v) is 12.8. The van der Waals surface area contributed by atoms with E-state index in [9.17, 15) is 5.11 Å².